The van der Waals surface area contributed by atoms with Gasteiger partial charge >= 0.3 is 0 Å². The van der Waals surface area contributed by atoms with Crippen LogP contribution >= 0.6 is 11.3 Å². The molecule has 2 aromatic rings. The lowest BCUT2D eigenvalue weighted by Gasteiger charge is -2.45. The maximum absolute atomic E-state index is 12.0. The molecule has 5 rings (SSSR count). The molecule has 0 radical (unpaired) electrons. The number of amides is 1. The highest BCUT2D eigenvalue weighted by molar-refractivity contribution is 7.17. The molecule has 3 saturated heterocycles. The monoisotopic (exact) mass is 331 g/mol. The first-order valence-electron chi connectivity index (χ1n) is 8.13. The summed E-state index contributed by atoms with van der Waals surface area (Å²) in [4.78, 5) is 16.3. The molecule has 0 saturated carbocycles. The van der Waals surface area contributed by atoms with Crippen LogP contribution in [0.15, 0.2) is 10.6 Å². The number of thiophene rings is 1. The van der Waals surface area contributed by atoms with Crippen molar-refractivity contribution < 1.29 is 9.32 Å². The average molecular weight is 331 g/mol. The van der Waals surface area contributed by atoms with Crippen LogP contribution in [0.1, 0.15) is 45.4 Å². The van der Waals surface area contributed by atoms with Gasteiger partial charge in [-0.3, -0.25) is 4.79 Å². The van der Waals surface area contributed by atoms with Crippen LogP contribution in [0.25, 0.3) is 10.4 Å². The van der Waals surface area contributed by atoms with Gasteiger partial charge in [0.1, 0.15) is 5.76 Å². The molecule has 3 aliphatic rings. The number of rotatable bonds is 3. The van der Waals surface area contributed by atoms with Crippen molar-refractivity contribution in [2.24, 2.45) is 11.7 Å². The topological polar surface area (TPSA) is 72.4 Å². The number of carbonyl (C=O) groups is 1. The molecular formula is C17H21N3O2S. The van der Waals surface area contributed by atoms with Gasteiger partial charge in [-0.25, -0.2) is 0 Å². The number of nitrogens with zero attached hydrogens (tertiary/aromatic N) is 2. The van der Waals surface area contributed by atoms with E-state index in [0.29, 0.717) is 16.7 Å². The van der Waals surface area contributed by atoms with Crippen LogP contribution in [0.4, 0.5) is 0 Å². The summed E-state index contributed by atoms with van der Waals surface area (Å²) in [5, 5.41) is 4.03. The zero-order valence-electron chi connectivity index (χ0n) is 13.5. The lowest BCUT2D eigenvalue weighted by atomic mass is 9.75. The highest BCUT2D eigenvalue weighted by Crippen LogP contribution is 2.44. The van der Waals surface area contributed by atoms with Crippen molar-refractivity contribution in [3.63, 3.8) is 0 Å². The number of hydrogen-bond acceptors (Lipinski definition) is 5. The summed E-state index contributed by atoms with van der Waals surface area (Å²) in [5.41, 5.74) is 8.68. The molecule has 0 aliphatic carbocycles. The third-order valence-electron chi connectivity index (χ3n) is 5.32. The smallest absolute Gasteiger partial charge is 0.259 e. The molecule has 1 amide bonds. The van der Waals surface area contributed by atoms with E-state index in [0.717, 1.165) is 34.0 Å². The van der Waals surface area contributed by atoms with Crippen LogP contribution < -0.4 is 5.73 Å². The van der Waals surface area contributed by atoms with Crippen LogP contribution in [0, 0.1) is 19.8 Å². The number of primary amides is 1. The van der Waals surface area contributed by atoms with Gasteiger partial charge in [0.2, 0.25) is 0 Å². The highest BCUT2D eigenvalue weighted by atomic mass is 32.1. The van der Waals surface area contributed by atoms with E-state index in [-0.39, 0.29) is 5.91 Å². The molecule has 1 atom stereocenters. The van der Waals surface area contributed by atoms with Gasteiger partial charge in [-0.2, -0.15) is 0 Å². The van der Waals surface area contributed by atoms with E-state index in [1.54, 1.807) is 0 Å². The number of piperidine rings is 3. The summed E-state index contributed by atoms with van der Waals surface area (Å²) in [6.07, 6.45) is 2.44. The highest BCUT2D eigenvalue weighted by Gasteiger charge is 2.37. The standard InChI is InChI=1S/C17H21N3O2S/c1-9-15(10(2)22-19-9)14-7-12(16(23-14)17(18)21)13-8-20-5-3-11(13)4-6-20/h7,11,13H,3-6,8H2,1-2H3,(H2,18,21). The Morgan fingerprint density at radius 2 is 2.13 bits per heavy atom. The zero-order valence-corrected chi connectivity index (χ0v) is 14.3. The molecule has 0 spiro atoms. The largest absolute Gasteiger partial charge is 0.365 e. The van der Waals surface area contributed by atoms with Crippen molar-refractivity contribution in [2.75, 3.05) is 19.6 Å². The maximum Gasteiger partial charge on any atom is 0.259 e. The Morgan fingerprint density at radius 3 is 2.65 bits per heavy atom. The third-order valence-corrected chi connectivity index (χ3v) is 6.50. The van der Waals surface area contributed by atoms with E-state index in [9.17, 15) is 4.79 Å². The Labute approximate surface area is 139 Å². The molecule has 2 bridgehead atoms. The van der Waals surface area contributed by atoms with E-state index in [2.05, 4.69) is 16.1 Å². The van der Waals surface area contributed by atoms with Crippen molar-refractivity contribution in [3.05, 3.63) is 28.0 Å². The van der Waals surface area contributed by atoms with Gasteiger partial charge in [0.15, 0.2) is 0 Å². The van der Waals surface area contributed by atoms with Crippen molar-refractivity contribution in [1.82, 2.24) is 10.1 Å². The Morgan fingerprint density at radius 1 is 1.39 bits per heavy atom. The summed E-state index contributed by atoms with van der Waals surface area (Å²) >= 11 is 1.48. The molecule has 0 aromatic carbocycles. The van der Waals surface area contributed by atoms with Crippen LogP contribution in [-0.2, 0) is 0 Å². The predicted molar refractivity (Wildman–Crippen MR) is 89.7 cm³/mol. The average Bonchev–Trinajstić information content (AvgIpc) is 3.12. The van der Waals surface area contributed by atoms with Crippen LogP contribution in [0.5, 0.6) is 0 Å². The molecule has 2 aromatic heterocycles. The number of hydrogen-bond donors (Lipinski definition) is 1. The van der Waals surface area contributed by atoms with E-state index in [4.69, 9.17) is 10.3 Å². The Bertz CT molecular complexity index is 736. The molecule has 1 unspecified atom stereocenters. The minimum absolute atomic E-state index is 0.320. The van der Waals surface area contributed by atoms with Crippen molar-refractivity contribution in [2.45, 2.75) is 32.6 Å². The summed E-state index contributed by atoms with van der Waals surface area (Å²) in [6, 6.07) is 2.16. The third kappa shape index (κ3) is 2.40. The van der Waals surface area contributed by atoms with Crippen molar-refractivity contribution in [1.29, 1.82) is 0 Å². The van der Waals surface area contributed by atoms with Crippen LogP contribution in [0.2, 0.25) is 0 Å². The Kier molecular flexibility index (Phi) is 3.54. The minimum atomic E-state index is -0.320. The van der Waals surface area contributed by atoms with Crippen molar-refractivity contribution >= 4 is 17.2 Å². The molecule has 6 heteroatoms. The second-order valence-corrected chi connectivity index (χ2v) is 7.76. The SMILES string of the molecule is Cc1noc(C)c1-c1cc(C2CN3CCC2CC3)c(C(N)=O)s1. The Balaban J connectivity index is 1.79. The first-order chi connectivity index (χ1) is 11.0. The fraction of sp³-hybridized carbons (Fsp3) is 0.529. The van der Waals surface area contributed by atoms with Gasteiger partial charge in [0.05, 0.1) is 16.1 Å². The molecule has 3 aliphatic heterocycles. The van der Waals surface area contributed by atoms with Gasteiger partial charge < -0.3 is 15.2 Å². The number of nitrogens with two attached hydrogens (primary N) is 1. The molecule has 5 nitrogen and oxygen atoms in total. The van der Waals surface area contributed by atoms with Crippen LogP contribution in [-0.4, -0.2) is 35.6 Å². The molecular weight excluding hydrogens is 310 g/mol. The number of fused-ring (bicyclic) bond motifs is 3. The van der Waals surface area contributed by atoms with E-state index in [1.807, 2.05) is 13.8 Å². The first kappa shape index (κ1) is 14.9. The van der Waals surface area contributed by atoms with E-state index in [1.165, 1.54) is 37.3 Å². The van der Waals surface area contributed by atoms with E-state index >= 15 is 0 Å². The first-order valence-corrected chi connectivity index (χ1v) is 8.95. The van der Waals surface area contributed by atoms with E-state index < -0.39 is 0 Å². The van der Waals surface area contributed by atoms with Gasteiger partial charge in [0, 0.05) is 17.3 Å². The second-order valence-electron chi connectivity index (χ2n) is 6.70. The summed E-state index contributed by atoms with van der Waals surface area (Å²) in [5.74, 6) is 1.57. The lowest BCUT2D eigenvalue weighted by molar-refractivity contribution is 0.0859. The normalized spacial score (nSPS) is 26.6. The second kappa shape index (κ2) is 5.46. The van der Waals surface area contributed by atoms with Crippen molar-refractivity contribution in [3.8, 4) is 10.4 Å². The Hall–Kier alpha value is -1.66. The zero-order chi connectivity index (χ0) is 16.1. The molecule has 2 N–H and O–H groups in total. The molecule has 5 heterocycles. The number of carbonyl (C=O) groups excluding carboxylic acids is 1. The fourth-order valence-corrected chi connectivity index (χ4v) is 5.38. The van der Waals surface area contributed by atoms with Gasteiger partial charge in [-0.05, 0) is 57.3 Å². The summed E-state index contributed by atoms with van der Waals surface area (Å²) < 4.78 is 5.29. The summed E-state index contributed by atoms with van der Waals surface area (Å²) in [7, 11) is 0. The molecule has 23 heavy (non-hydrogen) atoms. The molecule has 3 fully saturated rings. The van der Waals surface area contributed by atoms with Gasteiger partial charge in [0.25, 0.3) is 5.91 Å². The minimum Gasteiger partial charge on any atom is -0.365 e. The van der Waals surface area contributed by atoms with Gasteiger partial charge in [-0.1, -0.05) is 5.16 Å². The van der Waals surface area contributed by atoms with Gasteiger partial charge in [-0.15, -0.1) is 11.3 Å². The lowest BCUT2D eigenvalue weighted by Crippen LogP contribution is -2.46. The van der Waals surface area contributed by atoms with Crippen LogP contribution in [0.3, 0.4) is 0 Å². The quantitative estimate of drug-likeness (QED) is 0.938. The fourth-order valence-electron chi connectivity index (χ4n) is 4.15. The number of aryl methyl sites for hydroxylation is 2. The maximum atomic E-state index is 12.0. The number of aromatic nitrogens is 1. The summed E-state index contributed by atoms with van der Waals surface area (Å²) in [6.45, 7) is 7.26. The molecule has 122 valence electrons. The predicted octanol–water partition coefficient (Wildman–Crippen LogP) is 2.93.